The van der Waals surface area contributed by atoms with Crippen LogP contribution in [0.2, 0.25) is 0 Å². The molecule has 1 N–H and O–H groups in total. The van der Waals surface area contributed by atoms with Crippen LogP contribution in [0.5, 0.6) is 0 Å². The van der Waals surface area contributed by atoms with E-state index in [0.29, 0.717) is 6.42 Å². The monoisotopic (exact) mass is 218 g/mol. The minimum absolute atomic E-state index is 0.163. The van der Waals surface area contributed by atoms with E-state index < -0.39 is 0 Å². The second-order valence-electron chi connectivity index (χ2n) is 4.33. The Labute approximate surface area is 96.5 Å². The van der Waals surface area contributed by atoms with Gasteiger partial charge in [-0.15, -0.1) is 0 Å². The van der Waals surface area contributed by atoms with E-state index >= 15 is 0 Å². The third-order valence-corrected chi connectivity index (χ3v) is 3.26. The van der Waals surface area contributed by atoms with Gasteiger partial charge in [0.15, 0.2) is 0 Å². The molecule has 1 aliphatic rings. The number of rotatable bonds is 1. The van der Waals surface area contributed by atoms with Crippen LogP contribution in [0.1, 0.15) is 23.6 Å². The van der Waals surface area contributed by atoms with Gasteiger partial charge in [-0.1, -0.05) is 24.3 Å². The molecule has 0 aliphatic carbocycles. The van der Waals surface area contributed by atoms with E-state index in [0.717, 1.165) is 13.1 Å². The van der Waals surface area contributed by atoms with Crippen molar-refractivity contribution in [1.82, 2.24) is 10.2 Å². The number of carbonyl (C=O) groups excluding carboxylic acids is 1. The lowest BCUT2D eigenvalue weighted by Crippen LogP contribution is -2.33. The first-order valence-corrected chi connectivity index (χ1v) is 5.72. The van der Waals surface area contributed by atoms with Gasteiger partial charge in [-0.05, 0) is 18.1 Å². The van der Waals surface area contributed by atoms with Crippen molar-refractivity contribution < 1.29 is 4.79 Å². The van der Waals surface area contributed by atoms with Crippen LogP contribution in [0.25, 0.3) is 0 Å². The average Bonchev–Trinajstić information content (AvgIpc) is 2.44. The molecule has 3 nitrogen and oxygen atoms in total. The summed E-state index contributed by atoms with van der Waals surface area (Å²) < 4.78 is 0. The molecule has 1 amide bonds. The number of amides is 1. The van der Waals surface area contributed by atoms with Crippen molar-refractivity contribution in [3.05, 3.63) is 35.4 Å². The molecule has 1 heterocycles. The number of carbonyl (C=O) groups is 1. The van der Waals surface area contributed by atoms with Gasteiger partial charge >= 0.3 is 0 Å². The number of likely N-dealkylation sites (N-methyl/N-ethyl adjacent to an activating group) is 1. The first-order valence-electron chi connectivity index (χ1n) is 5.72. The van der Waals surface area contributed by atoms with E-state index in [1.165, 1.54) is 11.1 Å². The standard InChI is InChI=1S/C13H18N2O/c1-10-5-3-4-6-11(10)12-9-14-8-7-13(16)15(12)2/h3-6,12,14H,7-9H2,1-2H3. The lowest BCUT2D eigenvalue weighted by Gasteiger charge is -2.27. The molecule has 1 saturated heterocycles. The molecule has 1 fully saturated rings. The molecule has 16 heavy (non-hydrogen) atoms. The Morgan fingerprint density at radius 2 is 2.12 bits per heavy atom. The second kappa shape index (κ2) is 4.66. The highest BCUT2D eigenvalue weighted by atomic mass is 16.2. The maximum absolute atomic E-state index is 11.8. The molecule has 0 radical (unpaired) electrons. The summed E-state index contributed by atoms with van der Waals surface area (Å²) >= 11 is 0. The van der Waals surface area contributed by atoms with E-state index in [4.69, 9.17) is 0 Å². The molecule has 1 atom stereocenters. The Morgan fingerprint density at radius 3 is 2.88 bits per heavy atom. The van der Waals surface area contributed by atoms with Gasteiger partial charge in [-0.3, -0.25) is 4.79 Å². The smallest absolute Gasteiger partial charge is 0.224 e. The first-order chi connectivity index (χ1) is 7.70. The number of aryl methyl sites for hydroxylation is 1. The Kier molecular flexibility index (Phi) is 3.25. The third kappa shape index (κ3) is 2.09. The van der Waals surface area contributed by atoms with Gasteiger partial charge in [0.1, 0.15) is 0 Å². The topological polar surface area (TPSA) is 32.3 Å². The zero-order chi connectivity index (χ0) is 11.5. The highest BCUT2D eigenvalue weighted by Gasteiger charge is 2.24. The summed E-state index contributed by atoms with van der Waals surface area (Å²) in [6.07, 6.45) is 0.596. The van der Waals surface area contributed by atoms with Gasteiger partial charge in [-0.25, -0.2) is 0 Å². The van der Waals surface area contributed by atoms with E-state index in [-0.39, 0.29) is 11.9 Å². The Bertz CT molecular complexity index is 389. The minimum Gasteiger partial charge on any atom is -0.337 e. The molecule has 1 unspecified atom stereocenters. The normalized spacial score (nSPS) is 22.0. The molecule has 1 aromatic carbocycles. The predicted octanol–water partition coefficient (Wildman–Crippen LogP) is 1.49. The van der Waals surface area contributed by atoms with Crippen LogP contribution < -0.4 is 5.32 Å². The quantitative estimate of drug-likeness (QED) is 0.774. The highest BCUT2D eigenvalue weighted by Crippen LogP contribution is 2.23. The lowest BCUT2D eigenvalue weighted by atomic mass is 10.0. The van der Waals surface area contributed by atoms with E-state index in [1.54, 1.807) is 0 Å². The van der Waals surface area contributed by atoms with Gasteiger partial charge in [0.25, 0.3) is 0 Å². The Hall–Kier alpha value is -1.35. The highest BCUT2D eigenvalue weighted by molar-refractivity contribution is 5.77. The SMILES string of the molecule is Cc1ccccc1C1CNCCC(=O)N1C. The van der Waals surface area contributed by atoms with Gasteiger partial charge in [0, 0.05) is 26.6 Å². The van der Waals surface area contributed by atoms with Crippen LogP contribution in [0, 0.1) is 6.92 Å². The second-order valence-corrected chi connectivity index (χ2v) is 4.33. The van der Waals surface area contributed by atoms with Crippen LogP contribution in [-0.2, 0) is 4.79 Å². The summed E-state index contributed by atoms with van der Waals surface area (Å²) in [6.45, 7) is 3.72. The van der Waals surface area contributed by atoms with Gasteiger partial charge in [0.2, 0.25) is 5.91 Å². The fourth-order valence-corrected chi connectivity index (χ4v) is 2.20. The van der Waals surface area contributed by atoms with Crippen molar-refractivity contribution >= 4 is 5.91 Å². The maximum atomic E-state index is 11.8. The zero-order valence-electron chi connectivity index (χ0n) is 9.86. The van der Waals surface area contributed by atoms with Crippen LogP contribution in [0.15, 0.2) is 24.3 Å². The van der Waals surface area contributed by atoms with E-state index in [9.17, 15) is 4.79 Å². The molecule has 1 aliphatic heterocycles. The van der Waals surface area contributed by atoms with Crippen LogP contribution in [0.3, 0.4) is 0 Å². The Morgan fingerprint density at radius 1 is 1.38 bits per heavy atom. The number of benzene rings is 1. The number of nitrogens with zero attached hydrogens (tertiary/aromatic N) is 1. The van der Waals surface area contributed by atoms with Crippen molar-refractivity contribution in [2.45, 2.75) is 19.4 Å². The summed E-state index contributed by atoms with van der Waals surface area (Å²) in [5.74, 6) is 0.221. The van der Waals surface area contributed by atoms with Crippen molar-refractivity contribution in [3.8, 4) is 0 Å². The van der Waals surface area contributed by atoms with Gasteiger partial charge in [-0.2, -0.15) is 0 Å². The summed E-state index contributed by atoms with van der Waals surface area (Å²) in [7, 11) is 1.90. The molecule has 0 bridgehead atoms. The molecular formula is C13H18N2O. The summed E-state index contributed by atoms with van der Waals surface area (Å²) in [6, 6.07) is 8.43. The van der Waals surface area contributed by atoms with Gasteiger partial charge in [0.05, 0.1) is 6.04 Å². The number of nitrogens with one attached hydrogen (secondary N) is 1. The predicted molar refractivity (Wildman–Crippen MR) is 64.2 cm³/mol. The van der Waals surface area contributed by atoms with Crippen LogP contribution >= 0.6 is 0 Å². The van der Waals surface area contributed by atoms with Crippen molar-refractivity contribution in [2.75, 3.05) is 20.1 Å². The average molecular weight is 218 g/mol. The fraction of sp³-hybridized carbons (Fsp3) is 0.462. The number of hydrogen-bond donors (Lipinski definition) is 1. The van der Waals surface area contributed by atoms with Crippen molar-refractivity contribution in [2.24, 2.45) is 0 Å². The molecule has 86 valence electrons. The molecule has 0 aromatic heterocycles. The molecule has 2 rings (SSSR count). The van der Waals surface area contributed by atoms with Crippen molar-refractivity contribution in [1.29, 1.82) is 0 Å². The molecular weight excluding hydrogens is 200 g/mol. The van der Waals surface area contributed by atoms with Gasteiger partial charge < -0.3 is 10.2 Å². The third-order valence-electron chi connectivity index (χ3n) is 3.26. The van der Waals surface area contributed by atoms with Crippen LogP contribution in [-0.4, -0.2) is 30.9 Å². The first kappa shape index (κ1) is 11.1. The lowest BCUT2D eigenvalue weighted by molar-refractivity contribution is -0.131. The zero-order valence-corrected chi connectivity index (χ0v) is 9.86. The largest absolute Gasteiger partial charge is 0.337 e. The maximum Gasteiger partial charge on any atom is 0.224 e. The summed E-state index contributed by atoms with van der Waals surface area (Å²) in [4.78, 5) is 13.7. The van der Waals surface area contributed by atoms with Crippen LogP contribution in [0.4, 0.5) is 0 Å². The summed E-state index contributed by atoms with van der Waals surface area (Å²) in [5, 5.41) is 3.32. The van der Waals surface area contributed by atoms with Crippen molar-refractivity contribution in [3.63, 3.8) is 0 Å². The summed E-state index contributed by atoms with van der Waals surface area (Å²) in [5.41, 5.74) is 2.49. The minimum atomic E-state index is 0.163. The Balaban J connectivity index is 2.31. The molecule has 1 aromatic rings. The molecule has 0 spiro atoms. The molecule has 0 saturated carbocycles. The number of hydrogen-bond acceptors (Lipinski definition) is 2. The molecule has 3 heteroatoms. The fourth-order valence-electron chi connectivity index (χ4n) is 2.20. The van der Waals surface area contributed by atoms with E-state index in [2.05, 4.69) is 24.4 Å². The van der Waals surface area contributed by atoms with E-state index in [1.807, 2.05) is 24.1 Å².